The monoisotopic (exact) mass is 601 g/mol. The van der Waals surface area contributed by atoms with Crippen LogP contribution in [0.5, 0.6) is 5.75 Å². The summed E-state index contributed by atoms with van der Waals surface area (Å²) in [4.78, 5) is 27.8. The van der Waals surface area contributed by atoms with E-state index in [0.717, 1.165) is 26.1 Å². The van der Waals surface area contributed by atoms with E-state index in [-0.39, 0.29) is 18.5 Å². The maximum Gasteiger partial charge on any atom is 0.244 e. The van der Waals surface area contributed by atoms with Gasteiger partial charge in [0.15, 0.2) is 0 Å². The van der Waals surface area contributed by atoms with E-state index < -0.39 is 28.5 Å². The summed E-state index contributed by atoms with van der Waals surface area (Å²) in [5.41, 5.74) is 1.18. The minimum absolute atomic E-state index is 0.0489. The summed E-state index contributed by atoms with van der Waals surface area (Å²) in [5, 5.41) is 2.90. The first-order valence-electron chi connectivity index (χ1n) is 10.9. The molecule has 0 aromatic heterocycles. The molecule has 2 aromatic carbocycles. The molecule has 0 heterocycles. The van der Waals surface area contributed by atoms with Crippen molar-refractivity contribution < 1.29 is 22.7 Å². The number of amides is 2. The first-order valence-corrected chi connectivity index (χ1v) is 13.8. The molecule has 2 aromatic rings. The van der Waals surface area contributed by atoms with E-state index >= 15 is 0 Å². The van der Waals surface area contributed by atoms with Crippen molar-refractivity contribution in [1.82, 2.24) is 10.2 Å². The molecule has 0 aliphatic carbocycles. The third-order valence-electron chi connectivity index (χ3n) is 5.47. The molecular weight excluding hydrogens is 569 g/mol. The number of hydrogen-bond acceptors (Lipinski definition) is 5. The van der Waals surface area contributed by atoms with Gasteiger partial charge in [0.1, 0.15) is 18.3 Å². The molecule has 0 aliphatic heterocycles. The number of ether oxygens (including phenoxy) is 1. The summed E-state index contributed by atoms with van der Waals surface area (Å²) in [6.45, 7) is 5.22. The maximum absolute atomic E-state index is 13.5. The largest absolute Gasteiger partial charge is 0.497 e. The molecule has 2 atom stereocenters. The van der Waals surface area contributed by atoms with Crippen LogP contribution in [-0.2, 0) is 26.2 Å². The summed E-state index contributed by atoms with van der Waals surface area (Å²) >= 11 is 2.13. The van der Waals surface area contributed by atoms with Crippen LogP contribution < -0.4 is 14.4 Å². The Balaban J connectivity index is 2.36. The van der Waals surface area contributed by atoms with E-state index in [1.807, 2.05) is 26.0 Å². The fraction of sp³-hybridized carbons (Fsp3) is 0.417. The lowest BCUT2D eigenvalue weighted by Gasteiger charge is -2.32. The van der Waals surface area contributed by atoms with Gasteiger partial charge in [0, 0.05) is 16.2 Å². The van der Waals surface area contributed by atoms with Gasteiger partial charge >= 0.3 is 0 Å². The second-order valence-electron chi connectivity index (χ2n) is 8.11. The fourth-order valence-corrected chi connectivity index (χ4v) is 4.41. The van der Waals surface area contributed by atoms with Crippen LogP contribution in [0.15, 0.2) is 48.5 Å². The third kappa shape index (κ3) is 7.86. The lowest BCUT2D eigenvalue weighted by Crippen LogP contribution is -2.52. The van der Waals surface area contributed by atoms with Gasteiger partial charge in [-0.2, -0.15) is 0 Å². The van der Waals surface area contributed by atoms with E-state index in [1.165, 1.54) is 4.90 Å². The quantitative estimate of drug-likeness (QED) is 0.399. The zero-order chi connectivity index (χ0) is 25.5. The van der Waals surface area contributed by atoms with Crippen molar-refractivity contribution in [2.45, 2.75) is 45.8 Å². The van der Waals surface area contributed by atoms with Gasteiger partial charge in [0.2, 0.25) is 21.8 Å². The second kappa shape index (κ2) is 12.4. The lowest BCUT2D eigenvalue weighted by molar-refractivity contribution is -0.139. The molecule has 1 N–H and O–H groups in total. The standard InChI is InChI=1S/C24H32IN3O5S/c1-6-17(2)26-24(30)18(3)27(15-19-7-13-22(33-4)14-8-19)23(29)16-28(34(5,31)32)21-11-9-20(25)10-12-21/h7-14,17-18H,6,15-16H2,1-5H3,(H,26,30). The number of benzene rings is 2. The van der Waals surface area contributed by atoms with Gasteiger partial charge in [0.25, 0.3) is 0 Å². The van der Waals surface area contributed by atoms with E-state index in [2.05, 4.69) is 27.9 Å². The SMILES string of the molecule is CCC(C)NC(=O)C(C)N(Cc1ccc(OC)cc1)C(=O)CN(c1ccc(I)cc1)S(C)(=O)=O. The Morgan fingerprint density at radius 2 is 1.65 bits per heavy atom. The Labute approximate surface area is 215 Å². The van der Waals surface area contributed by atoms with Crippen LogP contribution in [0.1, 0.15) is 32.8 Å². The van der Waals surface area contributed by atoms with Crippen LogP contribution in [0.2, 0.25) is 0 Å². The van der Waals surface area contributed by atoms with Gasteiger partial charge in [-0.15, -0.1) is 0 Å². The normalized spacial score (nSPS) is 13.0. The van der Waals surface area contributed by atoms with Crippen molar-refractivity contribution >= 4 is 50.1 Å². The van der Waals surface area contributed by atoms with Gasteiger partial charge < -0.3 is 15.0 Å². The van der Waals surface area contributed by atoms with Crippen LogP contribution in [0, 0.1) is 3.57 Å². The van der Waals surface area contributed by atoms with Crippen molar-refractivity contribution in [1.29, 1.82) is 0 Å². The number of carbonyl (C=O) groups is 2. The number of nitrogens with zero attached hydrogens (tertiary/aromatic N) is 2. The first kappa shape index (κ1) is 27.9. The Kier molecular flexibility index (Phi) is 10.2. The molecule has 2 rings (SSSR count). The Bertz CT molecular complexity index is 1070. The predicted octanol–water partition coefficient (Wildman–Crippen LogP) is 3.40. The molecule has 2 amide bonds. The summed E-state index contributed by atoms with van der Waals surface area (Å²) in [7, 11) is -2.18. The Morgan fingerprint density at radius 1 is 1.06 bits per heavy atom. The molecule has 186 valence electrons. The average Bonchev–Trinajstić information content (AvgIpc) is 2.80. The summed E-state index contributed by atoms with van der Waals surface area (Å²) in [6.07, 6.45) is 1.81. The van der Waals surface area contributed by atoms with Crippen LogP contribution in [-0.4, -0.2) is 57.1 Å². The summed E-state index contributed by atoms with van der Waals surface area (Å²) in [5.74, 6) is -0.103. The number of hydrogen-bond donors (Lipinski definition) is 1. The minimum atomic E-state index is -3.74. The van der Waals surface area contributed by atoms with Gasteiger partial charge in [0.05, 0.1) is 19.1 Å². The first-order chi connectivity index (χ1) is 16.0. The number of rotatable bonds is 11. The van der Waals surface area contributed by atoms with Gasteiger partial charge in [-0.05, 0) is 84.8 Å². The van der Waals surface area contributed by atoms with Crippen molar-refractivity contribution in [2.24, 2.45) is 0 Å². The topological polar surface area (TPSA) is 96.0 Å². The zero-order valence-electron chi connectivity index (χ0n) is 20.1. The van der Waals surface area contributed by atoms with Crippen molar-refractivity contribution in [3.8, 4) is 5.75 Å². The van der Waals surface area contributed by atoms with Crippen molar-refractivity contribution in [3.63, 3.8) is 0 Å². The Hall–Kier alpha value is -2.34. The number of carbonyl (C=O) groups excluding carboxylic acids is 2. The molecule has 34 heavy (non-hydrogen) atoms. The van der Waals surface area contributed by atoms with E-state index in [1.54, 1.807) is 50.4 Å². The zero-order valence-corrected chi connectivity index (χ0v) is 23.1. The molecule has 0 radical (unpaired) electrons. The number of sulfonamides is 1. The van der Waals surface area contributed by atoms with Crippen molar-refractivity contribution in [3.05, 3.63) is 57.7 Å². The predicted molar refractivity (Wildman–Crippen MR) is 142 cm³/mol. The molecular formula is C24H32IN3O5S. The summed E-state index contributed by atoms with van der Waals surface area (Å²) in [6, 6.07) is 13.2. The molecule has 2 unspecified atom stereocenters. The lowest BCUT2D eigenvalue weighted by atomic mass is 10.1. The number of halogens is 1. The highest BCUT2D eigenvalue weighted by Crippen LogP contribution is 2.21. The average molecular weight is 602 g/mol. The van der Waals surface area contributed by atoms with Crippen LogP contribution in [0.4, 0.5) is 5.69 Å². The molecule has 8 nitrogen and oxygen atoms in total. The second-order valence-corrected chi connectivity index (χ2v) is 11.3. The van der Waals surface area contributed by atoms with E-state index in [0.29, 0.717) is 11.4 Å². The van der Waals surface area contributed by atoms with Crippen LogP contribution in [0.25, 0.3) is 0 Å². The van der Waals surface area contributed by atoms with Crippen molar-refractivity contribution in [2.75, 3.05) is 24.2 Å². The highest BCUT2D eigenvalue weighted by molar-refractivity contribution is 14.1. The van der Waals surface area contributed by atoms with Gasteiger partial charge in [-0.3, -0.25) is 13.9 Å². The molecule has 0 spiro atoms. The van der Waals surface area contributed by atoms with E-state index in [4.69, 9.17) is 4.74 Å². The molecule has 10 heteroatoms. The van der Waals surface area contributed by atoms with Gasteiger partial charge in [-0.1, -0.05) is 19.1 Å². The third-order valence-corrected chi connectivity index (χ3v) is 7.33. The molecule has 0 fully saturated rings. The molecule has 0 saturated carbocycles. The molecule has 0 aliphatic rings. The maximum atomic E-state index is 13.5. The number of methoxy groups -OCH3 is 1. The van der Waals surface area contributed by atoms with Crippen LogP contribution in [0.3, 0.4) is 0 Å². The number of nitrogens with one attached hydrogen (secondary N) is 1. The van der Waals surface area contributed by atoms with Gasteiger partial charge in [-0.25, -0.2) is 8.42 Å². The van der Waals surface area contributed by atoms with E-state index in [9.17, 15) is 18.0 Å². The highest BCUT2D eigenvalue weighted by atomic mass is 127. The van der Waals surface area contributed by atoms with Crippen LogP contribution >= 0.6 is 22.6 Å². The Morgan fingerprint density at radius 3 is 2.15 bits per heavy atom. The summed E-state index contributed by atoms with van der Waals surface area (Å²) < 4.78 is 32.3. The molecule has 0 saturated heterocycles. The fourth-order valence-electron chi connectivity index (χ4n) is 3.20. The smallest absolute Gasteiger partial charge is 0.244 e. The number of anilines is 1. The molecule has 0 bridgehead atoms. The highest BCUT2D eigenvalue weighted by Gasteiger charge is 2.30. The minimum Gasteiger partial charge on any atom is -0.497 e.